The van der Waals surface area contributed by atoms with Crippen molar-refractivity contribution in [3.05, 3.63) is 12.3 Å². The number of nitrogens with zero attached hydrogens (tertiary/aromatic N) is 1. The van der Waals surface area contributed by atoms with Crippen molar-refractivity contribution in [3.8, 4) is 0 Å². The average Bonchev–Trinajstić information content (AvgIpc) is 2.47. The molecule has 0 bridgehead atoms. The fourth-order valence-electron chi connectivity index (χ4n) is 1.86. The van der Waals surface area contributed by atoms with Gasteiger partial charge in [-0.3, -0.25) is 4.79 Å². The largest absolute Gasteiger partial charge is 0.481 e. The lowest BCUT2D eigenvalue weighted by Crippen LogP contribution is -2.36. The molecule has 2 heterocycles. The van der Waals surface area contributed by atoms with Crippen molar-refractivity contribution in [1.82, 2.24) is 10.4 Å². The van der Waals surface area contributed by atoms with E-state index in [1.54, 1.807) is 0 Å². The Morgan fingerprint density at radius 2 is 2.50 bits per heavy atom. The van der Waals surface area contributed by atoms with Crippen LogP contribution >= 0.6 is 0 Å². The molecule has 2 aliphatic heterocycles. The topological polar surface area (TPSA) is 52.6 Å². The molecule has 2 unspecified atom stereocenters. The first-order valence-electron chi connectivity index (χ1n) is 4.20. The van der Waals surface area contributed by atoms with Crippen molar-refractivity contribution >= 4 is 5.97 Å². The summed E-state index contributed by atoms with van der Waals surface area (Å²) in [6.45, 7) is 0.560. The smallest absolute Gasteiger partial charge is 0.310 e. The molecule has 2 N–H and O–H groups in total. The van der Waals surface area contributed by atoms with Gasteiger partial charge in [-0.25, -0.2) is 5.43 Å². The minimum Gasteiger partial charge on any atom is -0.481 e. The molecular formula is C8H12N2O2. The lowest BCUT2D eigenvalue weighted by Gasteiger charge is -2.26. The van der Waals surface area contributed by atoms with Gasteiger partial charge in [0.2, 0.25) is 0 Å². The number of nitrogens with one attached hydrogen (secondary N) is 1. The summed E-state index contributed by atoms with van der Waals surface area (Å²) in [5.74, 6) is -0.930. The summed E-state index contributed by atoms with van der Waals surface area (Å²) < 4.78 is 0. The molecule has 12 heavy (non-hydrogen) atoms. The predicted octanol–water partition coefficient (Wildman–Crippen LogP) is 0.183. The van der Waals surface area contributed by atoms with Gasteiger partial charge in [-0.1, -0.05) is 6.08 Å². The average molecular weight is 168 g/mol. The van der Waals surface area contributed by atoms with E-state index in [0.717, 1.165) is 12.8 Å². The third-order valence-electron chi connectivity index (χ3n) is 2.53. The van der Waals surface area contributed by atoms with Gasteiger partial charge in [-0.05, 0) is 12.8 Å². The minimum absolute atomic E-state index is 0.160. The molecule has 0 aromatic heterocycles. The summed E-state index contributed by atoms with van der Waals surface area (Å²) in [7, 11) is 0. The van der Waals surface area contributed by atoms with Gasteiger partial charge in [0.05, 0.1) is 12.0 Å². The molecule has 2 rings (SSSR count). The van der Waals surface area contributed by atoms with Gasteiger partial charge >= 0.3 is 5.97 Å². The second-order valence-corrected chi connectivity index (χ2v) is 3.24. The van der Waals surface area contributed by atoms with Crippen molar-refractivity contribution in [2.45, 2.75) is 18.9 Å². The molecule has 2 aliphatic rings. The van der Waals surface area contributed by atoms with Crippen molar-refractivity contribution < 1.29 is 9.90 Å². The van der Waals surface area contributed by atoms with Crippen LogP contribution in [0.25, 0.3) is 0 Å². The van der Waals surface area contributed by atoms with E-state index in [0.29, 0.717) is 6.54 Å². The molecule has 0 radical (unpaired) electrons. The van der Waals surface area contributed by atoms with E-state index in [4.69, 9.17) is 5.11 Å². The number of carbonyl (C=O) groups is 1. The third-order valence-corrected chi connectivity index (χ3v) is 2.53. The molecule has 4 nitrogen and oxygen atoms in total. The zero-order chi connectivity index (χ0) is 8.55. The van der Waals surface area contributed by atoms with E-state index in [-0.39, 0.29) is 12.0 Å². The number of carboxylic acid groups (broad SMARTS) is 1. The van der Waals surface area contributed by atoms with Crippen LogP contribution in [0.15, 0.2) is 12.3 Å². The first kappa shape index (κ1) is 7.61. The summed E-state index contributed by atoms with van der Waals surface area (Å²) >= 11 is 0. The standard InChI is InChI=1S/C8H12N2O2/c11-8(12)6-5-9-10-4-2-1-3-7(6)10/h2,4,6-7,9H,1,3,5H2,(H,11,12). The summed E-state index contributed by atoms with van der Waals surface area (Å²) in [6, 6.07) is 0.160. The van der Waals surface area contributed by atoms with Gasteiger partial charge in [0.15, 0.2) is 0 Å². The Morgan fingerprint density at radius 3 is 3.25 bits per heavy atom. The molecule has 0 spiro atoms. The van der Waals surface area contributed by atoms with Crippen LogP contribution in [0.3, 0.4) is 0 Å². The molecular weight excluding hydrogens is 156 g/mol. The predicted molar refractivity (Wildman–Crippen MR) is 43.1 cm³/mol. The number of hydrogen-bond acceptors (Lipinski definition) is 3. The molecule has 0 aromatic rings. The van der Waals surface area contributed by atoms with Crippen LogP contribution in [0, 0.1) is 5.92 Å². The van der Waals surface area contributed by atoms with Crippen LogP contribution in [-0.4, -0.2) is 28.7 Å². The Bertz CT molecular complexity index is 227. The molecule has 0 aromatic carbocycles. The van der Waals surface area contributed by atoms with Gasteiger partial charge in [0, 0.05) is 12.7 Å². The quantitative estimate of drug-likeness (QED) is 0.586. The zero-order valence-electron chi connectivity index (χ0n) is 6.73. The van der Waals surface area contributed by atoms with Crippen LogP contribution in [0.5, 0.6) is 0 Å². The van der Waals surface area contributed by atoms with Crippen LogP contribution in [0.1, 0.15) is 12.8 Å². The highest BCUT2D eigenvalue weighted by atomic mass is 16.4. The normalized spacial score (nSPS) is 33.5. The number of rotatable bonds is 1. The lowest BCUT2D eigenvalue weighted by molar-refractivity contribution is -0.142. The molecule has 0 amide bonds. The molecule has 66 valence electrons. The Balaban J connectivity index is 2.13. The van der Waals surface area contributed by atoms with Crippen molar-refractivity contribution in [2.24, 2.45) is 5.92 Å². The fraction of sp³-hybridized carbons (Fsp3) is 0.625. The molecule has 1 saturated heterocycles. The van der Waals surface area contributed by atoms with E-state index in [1.807, 2.05) is 11.2 Å². The second-order valence-electron chi connectivity index (χ2n) is 3.24. The highest BCUT2D eigenvalue weighted by Crippen LogP contribution is 2.24. The number of fused-ring (bicyclic) bond motifs is 1. The van der Waals surface area contributed by atoms with Crippen LogP contribution in [0.2, 0.25) is 0 Å². The van der Waals surface area contributed by atoms with Gasteiger partial charge < -0.3 is 10.1 Å². The van der Waals surface area contributed by atoms with Gasteiger partial charge in [0.25, 0.3) is 0 Å². The number of carboxylic acids is 1. The first-order valence-corrected chi connectivity index (χ1v) is 4.20. The number of allylic oxidation sites excluding steroid dienone is 1. The zero-order valence-corrected chi connectivity index (χ0v) is 6.73. The highest BCUT2D eigenvalue weighted by Gasteiger charge is 2.37. The lowest BCUT2D eigenvalue weighted by atomic mass is 9.96. The fourth-order valence-corrected chi connectivity index (χ4v) is 1.86. The Morgan fingerprint density at radius 1 is 1.67 bits per heavy atom. The maximum atomic E-state index is 10.8. The second kappa shape index (κ2) is 2.79. The molecule has 0 saturated carbocycles. The van der Waals surface area contributed by atoms with E-state index >= 15 is 0 Å². The van der Waals surface area contributed by atoms with Gasteiger partial charge in [0.1, 0.15) is 0 Å². The van der Waals surface area contributed by atoms with Crippen LogP contribution in [-0.2, 0) is 4.79 Å². The van der Waals surface area contributed by atoms with E-state index in [9.17, 15) is 4.79 Å². The number of hydrogen-bond donors (Lipinski definition) is 2. The first-order chi connectivity index (χ1) is 5.79. The maximum Gasteiger partial charge on any atom is 0.310 e. The third kappa shape index (κ3) is 1.08. The summed E-state index contributed by atoms with van der Waals surface area (Å²) in [5, 5.41) is 10.8. The maximum absolute atomic E-state index is 10.8. The van der Waals surface area contributed by atoms with Gasteiger partial charge in [-0.15, -0.1) is 0 Å². The molecule has 4 heteroatoms. The van der Waals surface area contributed by atoms with Crippen molar-refractivity contribution in [3.63, 3.8) is 0 Å². The minimum atomic E-state index is -0.690. The van der Waals surface area contributed by atoms with Crippen molar-refractivity contribution in [2.75, 3.05) is 6.54 Å². The van der Waals surface area contributed by atoms with Crippen molar-refractivity contribution in [1.29, 1.82) is 0 Å². The van der Waals surface area contributed by atoms with Gasteiger partial charge in [-0.2, -0.15) is 0 Å². The van der Waals surface area contributed by atoms with E-state index in [2.05, 4.69) is 11.5 Å². The summed E-state index contributed by atoms with van der Waals surface area (Å²) in [6.07, 6.45) is 5.94. The molecule has 0 aliphatic carbocycles. The summed E-state index contributed by atoms with van der Waals surface area (Å²) in [4.78, 5) is 10.8. The van der Waals surface area contributed by atoms with Crippen LogP contribution < -0.4 is 5.43 Å². The van der Waals surface area contributed by atoms with E-state index < -0.39 is 5.97 Å². The van der Waals surface area contributed by atoms with Crippen LogP contribution in [0.4, 0.5) is 0 Å². The summed E-state index contributed by atoms with van der Waals surface area (Å²) in [5.41, 5.74) is 3.06. The molecule has 1 fully saturated rings. The number of hydrazine groups is 1. The molecule has 2 atom stereocenters. The monoisotopic (exact) mass is 168 g/mol. The Labute approximate surface area is 70.8 Å². The Hall–Kier alpha value is -1.03. The van der Waals surface area contributed by atoms with E-state index in [1.165, 1.54) is 0 Å². The highest BCUT2D eigenvalue weighted by molar-refractivity contribution is 5.71. The SMILES string of the molecule is O=C(O)C1CNN2C=CCCC12. The number of aliphatic carboxylic acids is 1. The Kier molecular flexibility index (Phi) is 1.77.